The first-order chi connectivity index (χ1) is 9.83. The molecular formula is C17H29NO2. The summed E-state index contributed by atoms with van der Waals surface area (Å²) in [4.78, 5) is 0. The fourth-order valence-corrected chi connectivity index (χ4v) is 2.28. The molecule has 0 aromatic heterocycles. The lowest BCUT2D eigenvalue weighted by molar-refractivity contribution is -0.0130. The Hall–Kier alpha value is -0.900. The molecule has 0 aliphatic carbocycles. The zero-order valence-electron chi connectivity index (χ0n) is 13.1. The fraction of sp³-hybridized carbons (Fsp3) is 0.647. The summed E-state index contributed by atoms with van der Waals surface area (Å²) in [6, 6.07) is 10.7. The van der Waals surface area contributed by atoms with Crippen LogP contribution in [0.15, 0.2) is 30.3 Å². The summed E-state index contributed by atoms with van der Waals surface area (Å²) >= 11 is 0. The maximum absolute atomic E-state index is 5.99. The molecule has 0 saturated heterocycles. The van der Waals surface area contributed by atoms with Crippen LogP contribution in [0.2, 0.25) is 0 Å². The van der Waals surface area contributed by atoms with Gasteiger partial charge in [0.1, 0.15) is 0 Å². The molecule has 0 bridgehead atoms. The molecule has 114 valence electrons. The van der Waals surface area contributed by atoms with Gasteiger partial charge in [-0.25, -0.2) is 0 Å². The third-order valence-electron chi connectivity index (χ3n) is 3.45. The predicted molar refractivity (Wildman–Crippen MR) is 84.0 cm³/mol. The summed E-state index contributed by atoms with van der Waals surface area (Å²) in [5, 5.41) is 3.36. The first kappa shape index (κ1) is 17.2. The normalized spacial score (nSPS) is 14.2. The minimum Gasteiger partial charge on any atom is -0.379 e. The highest BCUT2D eigenvalue weighted by Gasteiger charge is 2.20. The Morgan fingerprint density at radius 1 is 1.05 bits per heavy atom. The molecule has 1 rings (SSSR count). The van der Waals surface area contributed by atoms with Gasteiger partial charge in [-0.3, -0.25) is 0 Å². The molecule has 0 radical (unpaired) electrons. The Bertz CT molecular complexity index is 329. The van der Waals surface area contributed by atoms with E-state index in [1.807, 2.05) is 13.1 Å². The van der Waals surface area contributed by atoms with Gasteiger partial charge in [0.25, 0.3) is 0 Å². The lowest BCUT2D eigenvalue weighted by atomic mass is 10.00. The summed E-state index contributed by atoms with van der Waals surface area (Å²) in [5.74, 6) is 0. The van der Waals surface area contributed by atoms with E-state index in [2.05, 4.69) is 43.4 Å². The van der Waals surface area contributed by atoms with Crippen LogP contribution in [-0.2, 0) is 9.47 Å². The Balaban J connectivity index is 2.39. The van der Waals surface area contributed by atoms with Crippen LogP contribution in [0.5, 0.6) is 0 Å². The Kier molecular flexibility index (Phi) is 9.29. The smallest absolute Gasteiger partial charge is 0.0768 e. The summed E-state index contributed by atoms with van der Waals surface area (Å²) in [6.07, 6.45) is 3.46. The van der Waals surface area contributed by atoms with E-state index >= 15 is 0 Å². The van der Waals surface area contributed by atoms with Gasteiger partial charge < -0.3 is 14.8 Å². The van der Waals surface area contributed by atoms with Crippen molar-refractivity contribution in [2.45, 2.75) is 45.3 Å². The van der Waals surface area contributed by atoms with Crippen LogP contribution < -0.4 is 5.32 Å². The van der Waals surface area contributed by atoms with E-state index in [0.717, 1.165) is 19.4 Å². The van der Waals surface area contributed by atoms with Gasteiger partial charge in [-0.1, -0.05) is 50.6 Å². The van der Waals surface area contributed by atoms with Crippen LogP contribution >= 0.6 is 0 Å². The molecule has 0 saturated carbocycles. The maximum Gasteiger partial charge on any atom is 0.0768 e. The molecular weight excluding hydrogens is 250 g/mol. The standard InChI is InChI=1S/C17H29NO2/c1-4-6-12-19-13-14-20-16(5-2)17(18-3)15-10-8-7-9-11-15/h7-11,16-18H,4-6,12-14H2,1-3H3. The topological polar surface area (TPSA) is 30.5 Å². The number of likely N-dealkylation sites (N-methyl/N-ethyl adjacent to an activating group) is 1. The second-order valence-corrected chi connectivity index (χ2v) is 4.96. The molecule has 0 heterocycles. The lowest BCUT2D eigenvalue weighted by Crippen LogP contribution is -2.32. The Morgan fingerprint density at radius 2 is 1.80 bits per heavy atom. The van der Waals surface area contributed by atoms with Gasteiger partial charge in [0.05, 0.1) is 25.4 Å². The molecule has 0 aliphatic heterocycles. The molecule has 0 spiro atoms. The highest BCUT2D eigenvalue weighted by molar-refractivity contribution is 5.20. The van der Waals surface area contributed by atoms with Crippen molar-refractivity contribution in [2.75, 3.05) is 26.9 Å². The molecule has 1 aromatic carbocycles. The van der Waals surface area contributed by atoms with Crippen molar-refractivity contribution < 1.29 is 9.47 Å². The largest absolute Gasteiger partial charge is 0.379 e. The van der Waals surface area contributed by atoms with Crippen molar-refractivity contribution >= 4 is 0 Å². The summed E-state index contributed by atoms with van der Waals surface area (Å²) < 4.78 is 11.5. The van der Waals surface area contributed by atoms with Gasteiger partial charge >= 0.3 is 0 Å². The quantitative estimate of drug-likeness (QED) is 0.628. The Morgan fingerprint density at radius 3 is 2.40 bits per heavy atom. The molecule has 1 aromatic rings. The van der Waals surface area contributed by atoms with E-state index in [-0.39, 0.29) is 12.1 Å². The molecule has 1 N–H and O–H groups in total. The van der Waals surface area contributed by atoms with Crippen LogP contribution in [0.3, 0.4) is 0 Å². The third-order valence-corrected chi connectivity index (χ3v) is 3.45. The van der Waals surface area contributed by atoms with Crippen molar-refractivity contribution in [3.8, 4) is 0 Å². The van der Waals surface area contributed by atoms with E-state index in [1.54, 1.807) is 0 Å². The van der Waals surface area contributed by atoms with Crippen LogP contribution in [0.25, 0.3) is 0 Å². The van der Waals surface area contributed by atoms with Crippen LogP contribution in [0, 0.1) is 0 Å². The highest BCUT2D eigenvalue weighted by Crippen LogP contribution is 2.21. The van der Waals surface area contributed by atoms with Crippen molar-refractivity contribution in [3.63, 3.8) is 0 Å². The van der Waals surface area contributed by atoms with E-state index in [1.165, 1.54) is 12.0 Å². The molecule has 0 amide bonds. The molecule has 2 atom stereocenters. The predicted octanol–water partition coefficient (Wildman–Crippen LogP) is 3.56. The second kappa shape index (κ2) is 10.8. The number of nitrogens with one attached hydrogen (secondary N) is 1. The van der Waals surface area contributed by atoms with Crippen molar-refractivity contribution in [1.29, 1.82) is 0 Å². The highest BCUT2D eigenvalue weighted by atomic mass is 16.5. The van der Waals surface area contributed by atoms with Crippen LogP contribution in [0.4, 0.5) is 0 Å². The maximum atomic E-state index is 5.99. The Labute approximate surface area is 123 Å². The number of hydrogen-bond donors (Lipinski definition) is 1. The number of rotatable bonds is 11. The number of benzene rings is 1. The van der Waals surface area contributed by atoms with Gasteiger partial charge in [-0.2, -0.15) is 0 Å². The van der Waals surface area contributed by atoms with E-state index in [9.17, 15) is 0 Å². The van der Waals surface area contributed by atoms with E-state index in [0.29, 0.717) is 13.2 Å². The average Bonchev–Trinajstić information content (AvgIpc) is 2.50. The minimum absolute atomic E-state index is 0.178. The van der Waals surface area contributed by atoms with Crippen molar-refractivity contribution in [2.24, 2.45) is 0 Å². The first-order valence-electron chi connectivity index (χ1n) is 7.75. The molecule has 0 fully saturated rings. The zero-order valence-corrected chi connectivity index (χ0v) is 13.1. The lowest BCUT2D eigenvalue weighted by Gasteiger charge is -2.26. The van der Waals surface area contributed by atoms with Crippen molar-refractivity contribution in [3.05, 3.63) is 35.9 Å². The van der Waals surface area contributed by atoms with Gasteiger partial charge in [-0.15, -0.1) is 0 Å². The molecule has 0 aliphatic rings. The molecule has 3 heteroatoms. The second-order valence-electron chi connectivity index (χ2n) is 4.96. The number of hydrogen-bond acceptors (Lipinski definition) is 3. The van der Waals surface area contributed by atoms with Gasteiger partial charge in [0, 0.05) is 6.61 Å². The van der Waals surface area contributed by atoms with Gasteiger partial charge in [0.2, 0.25) is 0 Å². The van der Waals surface area contributed by atoms with Gasteiger partial charge in [0.15, 0.2) is 0 Å². The monoisotopic (exact) mass is 279 g/mol. The van der Waals surface area contributed by atoms with Crippen LogP contribution in [-0.4, -0.2) is 33.0 Å². The fourth-order valence-electron chi connectivity index (χ4n) is 2.28. The number of unbranched alkanes of at least 4 members (excludes halogenated alkanes) is 1. The van der Waals surface area contributed by atoms with Crippen molar-refractivity contribution in [1.82, 2.24) is 5.32 Å². The minimum atomic E-state index is 0.178. The van der Waals surface area contributed by atoms with E-state index in [4.69, 9.17) is 9.47 Å². The zero-order chi connectivity index (χ0) is 14.6. The number of ether oxygens (including phenoxy) is 2. The average molecular weight is 279 g/mol. The third kappa shape index (κ3) is 6.04. The summed E-state index contributed by atoms with van der Waals surface area (Å²) in [7, 11) is 1.99. The SMILES string of the molecule is CCCCOCCOC(CC)C(NC)c1ccccc1. The molecule has 2 unspecified atom stereocenters. The molecule has 20 heavy (non-hydrogen) atoms. The molecule has 3 nitrogen and oxygen atoms in total. The first-order valence-corrected chi connectivity index (χ1v) is 7.75. The van der Waals surface area contributed by atoms with E-state index < -0.39 is 0 Å². The van der Waals surface area contributed by atoms with Crippen LogP contribution in [0.1, 0.15) is 44.7 Å². The summed E-state index contributed by atoms with van der Waals surface area (Å²) in [6.45, 7) is 6.51. The summed E-state index contributed by atoms with van der Waals surface area (Å²) in [5.41, 5.74) is 1.27. The van der Waals surface area contributed by atoms with Gasteiger partial charge in [-0.05, 0) is 25.5 Å².